The van der Waals surface area contributed by atoms with Crippen LogP contribution in [0.5, 0.6) is 0 Å². The summed E-state index contributed by atoms with van der Waals surface area (Å²) in [5.41, 5.74) is 7.14. The van der Waals surface area contributed by atoms with Gasteiger partial charge in [-0.15, -0.1) is 0 Å². The predicted octanol–water partition coefficient (Wildman–Crippen LogP) is 1.58. The van der Waals surface area contributed by atoms with Crippen molar-refractivity contribution >= 4 is 33.2 Å². The van der Waals surface area contributed by atoms with Crippen LogP contribution in [0.4, 0.5) is 11.4 Å². The van der Waals surface area contributed by atoms with Crippen molar-refractivity contribution in [2.75, 3.05) is 24.1 Å². The molecule has 0 aliphatic rings. The molecule has 0 unspecified atom stereocenters. The summed E-state index contributed by atoms with van der Waals surface area (Å²) in [5.74, 6) is -0.0418. The van der Waals surface area contributed by atoms with E-state index in [0.29, 0.717) is 12.2 Å². The Bertz CT molecular complexity index is 355. The average molecular weight is 272 g/mol. The summed E-state index contributed by atoms with van der Waals surface area (Å²) in [6, 6.07) is 5.50. The highest BCUT2D eigenvalue weighted by molar-refractivity contribution is 9.10. The standard InChI is InChI=1S/C10H14BrN3O/c1-2-13-10(15)6-14-9-4-3-7(11)5-8(9)12/h3-5,14H,2,6,12H2,1H3,(H,13,15). The van der Waals surface area contributed by atoms with E-state index < -0.39 is 0 Å². The van der Waals surface area contributed by atoms with Crippen molar-refractivity contribution in [2.45, 2.75) is 6.92 Å². The third-order valence-corrected chi connectivity index (χ3v) is 2.32. The molecule has 5 heteroatoms. The Kier molecular flexibility index (Phi) is 4.42. The Morgan fingerprint density at radius 2 is 2.27 bits per heavy atom. The number of anilines is 2. The minimum absolute atomic E-state index is 0.0418. The Balaban J connectivity index is 2.54. The largest absolute Gasteiger partial charge is 0.397 e. The molecule has 0 fully saturated rings. The van der Waals surface area contributed by atoms with Crippen LogP contribution in [-0.2, 0) is 4.79 Å². The lowest BCUT2D eigenvalue weighted by atomic mass is 10.2. The first-order chi connectivity index (χ1) is 7.13. The molecule has 1 rings (SSSR count). The molecule has 0 aliphatic carbocycles. The van der Waals surface area contributed by atoms with Gasteiger partial charge in [-0.3, -0.25) is 4.79 Å². The van der Waals surface area contributed by atoms with Crippen LogP contribution in [0.3, 0.4) is 0 Å². The number of nitrogen functional groups attached to an aromatic ring is 1. The van der Waals surface area contributed by atoms with Crippen molar-refractivity contribution in [3.05, 3.63) is 22.7 Å². The van der Waals surface area contributed by atoms with Crippen molar-refractivity contribution in [3.63, 3.8) is 0 Å². The molecular formula is C10H14BrN3O. The van der Waals surface area contributed by atoms with E-state index in [9.17, 15) is 4.79 Å². The fraction of sp³-hybridized carbons (Fsp3) is 0.300. The number of carbonyl (C=O) groups excluding carboxylic acids is 1. The lowest BCUT2D eigenvalue weighted by Crippen LogP contribution is -2.29. The van der Waals surface area contributed by atoms with Crippen LogP contribution < -0.4 is 16.4 Å². The molecular weight excluding hydrogens is 258 g/mol. The summed E-state index contributed by atoms with van der Waals surface area (Å²) in [5, 5.41) is 5.66. The number of carbonyl (C=O) groups is 1. The highest BCUT2D eigenvalue weighted by Gasteiger charge is 2.02. The van der Waals surface area contributed by atoms with Crippen molar-refractivity contribution < 1.29 is 4.79 Å². The number of likely N-dealkylation sites (N-methyl/N-ethyl adjacent to an activating group) is 1. The van der Waals surface area contributed by atoms with Crippen LogP contribution in [0.15, 0.2) is 22.7 Å². The molecule has 0 aliphatic heterocycles. The van der Waals surface area contributed by atoms with E-state index in [4.69, 9.17) is 5.73 Å². The van der Waals surface area contributed by atoms with Gasteiger partial charge in [0, 0.05) is 11.0 Å². The van der Waals surface area contributed by atoms with E-state index in [-0.39, 0.29) is 12.5 Å². The van der Waals surface area contributed by atoms with E-state index >= 15 is 0 Å². The van der Waals surface area contributed by atoms with Crippen LogP contribution in [0.25, 0.3) is 0 Å². The zero-order valence-corrected chi connectivity index (χ0v) is 10.1. The van der Waals surface area contributed by atoms with Gasteiger partial charge in [-0.1, -0.05) is 15.9 Å². The second kappa shape index (κ2) is 5.60. The van der Waals surface area contributed by atoms with Crippen LogP contribution >= 0.6 is 15.9 Å². The van der Waals surface area contributed by atoms with E-state index in [0.717, 1.165) is 10.2 Å². The van der Waals surface area contributed by atoms with Gasteiger partial charge in [0.15, 0.2) is 0 Å². The molecule has 0 bridgehead atoms. The zero-order chi connectivity index (χ0) is 11.3. The molecule has 0 saturated carbocycles. The molecule has 15 heavy (non-hydrogen) atoms. The average Bonchev–Trinajstić information content (AvgIpc) is 2.17. The Morgan fingerprint density at radius 1 is 1.53 bits per heavy atom. The summed E-state index contributed by atoms with van der Waals surface area (Å²) < 4.78 is 0.920. The van der Waals surface area contributed by atoms with E-state index in [2.05, 4.69) is 26.6 Å². The van der Waals surface area contributed by atoms with Crippen molar-refractivity contribution in [1.82, 2.24) is 5.32 Å². The topological polar surface area (TPSA) is 67.2 Å². The quantitative estimate of drug-likeness (QED) is 0.729. The van der Waals surface area contributed by atoms with Crippen LogP contribution in [0, 0.1) is 0 Å². The van der Waals surface area contributed by atoms with Gasteiger partial charge in [-0.25, -0.2) is 0 Å². The minimum Gasteiger partial charge on any atom is -0.397 e. The van der Waals surface area contributed by atoms with Gasteiger partial charge in [0.05, 0.1) is 17.9 Å². The molecule has 0 saturated heterocycles. The Morgan fingerprint density at radius 3 is 2.87 bits per heavy atom. The lowest BCUT2D eigenvalue weighted by molar-refractivity contribution is -0.119. The summed E-state index contributed by atoms with van der Waals surface area (Å²) in [6.45, 7) is 2.75. The number of amides is 1. The van der Waals surface area contributed by atoms with Gasteiger partial charge < -0.3 is 16.4 Å². The highest BCUT2D eigenvalue weighted by Crippen LogP contribution is 2.22. The SMILES string of the molecule is CCNC(=O)CNc1ccc(Br)cc1N. The van der Waals surface area contributed by atoms with E-state index in [1.54, 1.807) is 6.07 Å². The van der Waals surface area contributed by atoms with E-state index in [1.165, 1.54) is 0 Å². The van der Waals surface area contributed by atoms with Gasteiger partial charge in [0.2, 0.25) is 5.91 Å². The molecule has 0 heterocycles. The number of rotatable bonds is 4. The van der Waals surface area contributed by atoms with Crippen LogP contribution in [0.1, 0.15) is 6.92 Å². The third-order valence-electron chi connectivity index (χ3n) is 1.83. The molecule has 0 spiro atoms. The van der Waals surface area contributed by atoms with E-state index in [1.807, 2.05) is 19.1 Å². The second-order valence-electron chi connectivity index (χ2n) is 3.04. The third kappa shape index (κ3) is 3.79. The lowest BCUT2D eigenvalue weighted by Gasteiger charge is -2.09. The molecule has 4 N–H and O–H groups in total. The monoisotopic (exact) mass is 271 g/mol. The van der Waals surface area contributed by atoms with Crippen molar-refractivity contribution in [1.29, 1.82) is 0 Å². The maximum absolute atomic E-state index is 11.2. The molecule has 0 radical (unpaired) electrons. The molecule has 1 amide bonds. The van der Waals surface area contributed by atoms with Gasteiger partial charge in [0.25, 0.3) is 0 Å². The fourth-order valence-corrected chi connectivity index (χ4v) is 1.51. The maximum atomic E-state index is 11.2. The number of benzene rings is 1. The molecule has 4 nitrogen and oxygen atoms in total. The molecule has 1 aromatic carbocycles. The Hall–Kier alpha value is -1.23. The first-order valence-corrected chi connectivity index (χ1v) is 5.48. The van der Waals surface area contributed by atoms with Crippen molar-refractivity contribution in [2.24, 2.45) is 0 Å². The predicted molar refractivity (Wildman–Crippen MR) is 65.7 cm³/mol. The molecule has 0 atom stereocenters. The number of nitrogens with two attached hydrogens (primary N) is 1. The van der Waals surface area contributed by atoms with Gasteiger partial charge in [-0.05, 0) is 25.1 Å². The number of halogens is 1. The number of nitrogens with one attached hydrogen (secondary N) is 2. The summed E-state index contributed by atoms with van der Waals surface area (Å²) in [4.78, 5) is 11.2. The molecule has 1 aromatic rings. The summed E-state index contributed by atoms with van der Waals surface area (Å²) in [6.07, 6.45) is 0. The van der Waals surface area contributed by atoms with Crippen molar-refractivity contribution in [3.8, 4) is 0 Å². The second-order valence-corrected chi connectivity index (χ2v) is 3.95. The van der Waals surface area contributed by atoms with Crippen LogP contribution in [-0.4, -0.2) is 19.0 Å². The first kappa shape index (κ1) is 11.8. The number of hydrogen-bond donors (Lipinski definition) is 3. The molecule has 82 valence electrons. The minimum atomic E-state index is -0.0418. The van der Waals surface area contributed by atoms with Gasteiger partial charge >= 0.3 is 0 Å². The molecule has 0 aromatic heterocycles. The fourth-order valence-electron chi connectivity index (χ4n) is 1.13. The highest BCUT2D eigenvalue weighted by atomic mass is 79.9. The summed E-state index contributed by atoms with van der Waals surface area (Å²) >= 11 is 3.31. The normalized spacial score (nSPS) is 9.73. The smallest absolute Gasteiger partial charge is 0.239 e. The van der Waals surface area contributed by atoms with Gasteiger partial charge in [0.1, 0.15) is 0 Å². The number of hydrogen-bond acceptors (Lipinski definition) is 3. The first-order valence-electron chi connectivity index (χ1n) is 4.69. The van der Waals surface area contributed by atoms with Crippen LogP contribution in [0.2, 0.25) is 0 Å². The van der Waals surface area contributed by atoms with Gasteiger partial charge in [-0.2, -0.15) is 0 Å². The zero-order valence-electron chi connectivity index (χ0n) is 8.51. The summed E-state index contributed by atoms with van der Waals surface area (Å²) in [7, 11) is 0. The Labute approximate surface area is 97.4 Å². The maximum Gasteiger partial charge on any atom is 0.239 e.